The van der Waals surface area contributed by atoms with E-state index in [4.69, 9.17) is 0 Å². The van der Waals surface area contributed by atoms with Gasteiger partial charge in [-0.05, 0) is 31.9 Å². The molecule has 0 aromatic carbocycles. The van der Waals surface area contributed by atoms with Crippen LogP contribution in [-0.2, 0) is 4.79 Å². The summed E-state index contributed by atoms with van der Waals surface area (Å²) in [6, 6.07) is 3.88. The van der Waals surface area contributed by atoms with E-state index in [1.807, 2.05) is 26.0 Å². The molecule has 0 N–H and O–H groups in total. The number of aryl methyl sites for hydroxylation is 2. The van der Waals surface area contributed by atoms with Gasteiger partial charge in [0.25, 0.3) is 0 Å². The molecule has 1 aromatic rings. The lowest BCUT2D eigenvalue weighted by molar-refractivity contribution is -0.107. The first-order valence-electron chi connectivity index (χ1n) is 5.20. The smallest absolute Gasteiger partial charge is 0.214 e. The van der Waals surface area contributed by atoms with Crippen LogP contribution in [0.3, 0.4) is 0 Å². The Labute approximate surface area is 91.1 Å². The van der Waals surface area contributed by atoms with Crippen molar-refractivity contribution in [3.8, 4) is 0 Å². The van der Waals surface area contributed by atoms with E-state index in [0.29, 0.717) is 5.92 Å². The molecule has 0 aliphatic rings. The molecule has 0 radical (unpaired) electrons. The fourth-order valence-electron chi connectivity index (χ4n) is 1.57. The fourth-order valence-corrected chi connectivity index (χ4v) is 1.57. The summed E-state index contributed by atoms with van der Waals surface area (Å²) in [5.74, 6) is 0.455. The predicted octanol–water partition coefficient (Wildman–Crippen LogP) is 2.32. The van der Waals surface area contributed by atoms with Crippen LogP contribution in [-0.4, -0.2) is 17.9 Å². The molecule has 1 amide bonds. The van der Waals surface area contributed by atoms with Crippen molar-refractivity contribution in [2.45, 2.75) is 27.7 Å². The third-order valence-corrected chi connectivity index (χ3v) is 2.20. The van der Waals surface area contributed by atoms with Gasteiger partial charge in [0.05, 0.1) is 11.4 Å². The monoisotopic (exact) mass is 206 g/mol. The molecule has 0 spiro atoms. The summed E-state index contributed by atoms with van der Waals surface area (Å²) < 4.78 is 0. The molecule has 0 unspecified atom stereocenters. The van der Waals surface area contributed by atoms with Crippen molar-refractivity contribution in [1.82, 2.24) is 4.98 Å². The number of hydrogen-bond donors (Lipinski definition) is 0. The molecular formula is C12H18N2O. The highest BCUT2D eigenvalue weighted by Gasteiger charge is 2.10. The van der Waals surface area contributed by atoms with Gasteiger partial charge in [-0.25, -0.2) is 0 Å². The molecule has 0 saturated carbocycles. The van der Waals surface area contributed by atoms with Crippen LogP contribution >= 0.6 is 0 Å². The molecule has 82 valence electrons. The van der Waals surface area contributed by atoms with E-state index in [0.717, 1.165) is 30.0 Å². The van der Waals surface area contributed by atoms with Gasteiger partial charge in [0, 0.05) is 12.2 Å². The number of carbonyl (C=O) groups is 1. The summed E-state index contributed by atoms with van der Waals surface area (Å²) >= 11 is 0. The first-order valence-corrected chi connectivity index (χ1v) is 5.20. The number of hydrogen-bond acceptors (Lipinski definition) is 2. The second-order valence-electron chi connectivity index (χ2n) is 4.21. The fraction of sp³-hybridized carbons (Fsp3) is 0.500. The highest BCUT2D eigenvalue weighted by Crippen LogP contribution is 2.18. The standard InChI is InChI=1S/C12H18N2O/c1-9(2)7-14(8-15)12-6-5-10(3)13-11(12)4/h5-6,8-9H,7H2,1-4H3. The van der Waals surface area contributed by atoms with Crippen molar-refractivity contribution in [3.05, 3.63) is 23.5 Å². The van der Waals surface area contributed by atoms with E-state index in [9.17, 15) is 4.79 Å². The van der Waals surface area contributed by atoms with Crippen LogP contribution in [0.15, 0.2) is 12.1 Å². The average molecular weight is 206 g/mol. The Hall–Kier alpha value is -1.38. The Morgan fingerprint density at radius 2 is 2.07 bits per heavy atom. The van der Waals surface area contributed by atoms with Crippen LogP contribution in [0.2, 0.25) is 0 Å². The van der Waals surface area contributed by atoms with Crippen LogP contribution < -0.4 is 4.90 Å². The maximum absolute atomic E-state index is 11.0. The average Bonchev–Trinajstić information content (AvgIpc) is 2.14. The lowest BCUT2D eigenvalue weighted by Crippen LogP contribution is -2.26. The zero-order chi connectivity index (χ0) is 11.4. The van der Waals surface area contributed by atoms with Crippen molar-refractivity contribution in [3.63, 3.8) is 0 Å². The number of anilines is 1. The van der Waals surface area contributed by atoms with E-state index in [2.05, 4.69) is 18.8 Å². The Kier molecular flexibility index (Phi) is 3.83. The van der Waals surface area contributed by atoms with Crippen LogP contribution in [0.1, 0.15) is 25.2 Å². The number of aromatic nitrogens is 1. The zero-order valence-electron chi connectivity index (χ0n) is 9.82. The number of amides is 1. The maximum Gasteiger partial charge on any atom is 0.214 e. The summed E-state index contributed by atoms with van der Waals surface area (Å²) in [4.78, 5) is 17.0. The first-order chi connectivity index (χ1) is 7.04. The first kappa shape index (κ1) is 11.7. The van der Waals surface area contributed by atoms with E-state index >= 15 is 0 Å². The lowest BCUT2D eigenvalue weighted by atomic mass is 10.2. The topological polar surface area (TPSA) is 33.2 Å². The summed E-state index contributed by atoms with van der Waals surface area (Å²) in [5.41, 5.74) is 2.79. The largest absolute Gasteiger partial charge is 0.313 e. The molecule has 3 heteroatoms. The summed E-state index contributed by atoms with van der Waals surface area (Å²) in [6.45, 7) is 8.79. The summed E-state index contributed by atoms with van der Waals surface area (Å²) in [5, 5.41) is 0. The zero-order valence-corrected chi connectivity index (χ0v) is 9.82. The van der Waals surface area contributed by atoms with E-state index in [1.54, 1.807) is 4.90 Å². The number of rotatable bonds is 4. The Morgan fingerprint density at radius 1 is 1.40 bits per heavy atom. The van der Waals surface area contributed by atoms with Gasteiger partial charge >= 0.3 is 0 Å². The summed E-state index contributed by atoms with van der Waals surface area (Å²) in [7, 11) is 0. The molecule has 15 heavy (non-hydrogen) atoms. The Balaban J connectivity index is 2.96. The molecule has 0 aliphatic carbocycles. The highest BCUT2D eigenvalue weighted by molar-refractivity contribution is 5.76. The maximum atomic E-state index is 11.0. The quantitative estimate of drug-likeness (QED) is 0.708. The highest BCUT2D eigenvalue weighted by atomic mass is 16.1. The third kappa shape index (κ3) is 3.05. The van der Waals surface area contributed by atoms with Gasteiger partial charge in [0.2, 0.25) is 6.41 Å². The molecule has 0 bridgehead atoms. The molecule has 0 aliphatic heterocycles. The van der Waals surface area contributed by atoms with Gasteiger partial charge in [-0.3, -0.25) is 9.78 Å². The summed E-state index contributed by atoms with van der Waals surface area (Å²) in [6.07, 6.45) is 0.874. The molecular weight excluding hydrogens is 188 g/mol. The predicted molar refractivity (Wildman–Crippen MR) is 62.0 cm³/mol. The van der Waals surface area contributed by atoms with E-state index < -0.39 is 0 Å². The Morgan fingerprint density at radius 3 is 2.53 bits per heavy atom. The molecule has 0 atom stereocenters. The number of nitrogens with zero attached hydrogens (tertiary/aromatic N) is 2. The Bertz CT molecular complexity index is 347. The van der Waals surface area contributed by atoms with Crippen molar-refractivity contribution in [2.75, 3.05) is 11.4 Å². The molecule has 1 aromatic heterocycles. The third-order valence-electron chi connectivity index (χ3n) is 2.20. The van der Waals surface area contributed by atoms with Crippen molar-refractivity contribution in [2.24, 2.45) is 5.92 Å². The van der Waals surface area contributed by atoms with E-state index in [1.165, 1.54) is 0 Å². The van der Waals surface area contributed by atoms with Gasteiger partial charge in [0.15, 0.2) is 0 Å². The molecule has 0 saturated heterocycles. The normalized spacial score (nSPS) is 10.5. The minimum absolute atomic E-state index is 0.455. The van der Waals surface area contributed by atoms with E-state index in [-0.39, 0.29) is 0 Å². The van der Waals surface area contributed by atoms with Crippen LogP contribution in [0.5, 0.6) is 0 Å². The lowest BCUT2D eigenvalue weighted by Gasteiger charge is -2.21. The second kappa shape index (κ2) is 4.91. The molecule has 1 rings (SSSR count). The minimum Gasteiger partial charge on any atom is -0.313 e. The van der Waals surface area contributed by atoms with Gasteiger partial charge in [-0.1, -0.05) is 13.8 Å². The van der Waals surface area contributed by atoms with Gasteiger partial charge in [-0.15, -0.1) is 0 Å². The van der Waals surface area contributed by atoms with Gasteiger partial charge < -0.3 is 4.90 Å². The molecule has 3 nitrogen and oxygen atoms in total. The van der Waals surface area contributed by atoms with Gasteiger partial charge in [-0.2, -0.15) is 0 Å². The van der Waals surface area contributed by atoms with Crippen LogP contribution in [0.25, 0.3) is 0 Å². The van der Waals surface area contributed by atoms with Crippen molar-refractivity contribution in [1.29, 1.82) is 0 Å². The van der Waals surface area contributed by atoms with Crippen molar-refractivity contribution >= 4 is 12.1 Å². The van der Waals surface area contributed by atoms with Crippen molar-refractivity contribution < 1.29 is 4.79 Å². The van der Waals surface area contributed by atoms with Crippen LogP contribution in [0, 0.1) is 19.8 Å². The molecule has 0 fully saturated rings. The minimum atomic E-state index is 0.455. The van der Waals surface area contributed by atoms with Crippen LogP contribution in [0.4, 0.5) is 5.69 Å². The number of carbonyl (C=O) groups excluding carboxylic acids is 1. The van der Waals surface area contributed by atoms with Gasteiger partial charge in [0.1, 0.15) is 0 Å². The molecule has 1 heterocycles. The second-order valence-corrected chi connectivity index (χ2v) is 4.21. The SMILES string of the molecule is Cc1ccc(N(C=O)CC(C)C)c(C)n1. The number of pyridine rings is 1.